The molecule has 2 bridgehead atoms. The number of hydrogen-bond acceptors (Lipinski definition) is 8. The number of nitrogens with zero attached hydrogens (tertiary/aromatic N) is 5. The molecule has 4 aromatic rings. The number of fused-ring (bicyclic) bond motifs is 3. The molecule has 5 heterocycles. The maximum atomic E-state index is 14.3. The van der Waals surface area contributed by atoms with Crippen molar-refractivity contribution in [3.8, 4) is 11.3 Å². The summed E-state index contributed by atoms with van der Waals surface area (Å²) in [5, 5.41) is 8.60. The van der Waals surface area contributed by atoms with Crippen LogP contribution in [0.2, 0.25) is 0 Å². The smallest absolute Gasteiger partial charge is 0.307 e. The van der Waals surface area contributed by atoms with Gasteiger partial charge in [0.05, 0.1) is 38.9 Å². The number of carbonyl (C=O) groups excluding carboxylic acids is 1. The number of aryl methyl sites for hydroxylation is 2. The number of halogens is 1. The van der Waals surface area contributed by atoms with Crippen molar-refractivity contribution in [3.05, 3.63) is 59.0 Å². The first-order chi connectivity index (χ1) is 21.6. The molecule has 10 nitrogen and oxygen atoms in total. The molecule has 3 aromatic heterocycles. The molecule has 2 atom stereocenters. The van der Waals surface area contributed by atoms with Crippen LogP contribution in [-0.2, 0) is 26.6 Å². The first-order valence-electron chi connectivity index (χ1n) is 15.9. The SMILES string of the molecule is CCCCCCCCC(=O)OC12CCC(CN(c3ccnc4c3c(Br)c(-c3cnn(C)c3)n4S(=O)(=O)c3ccc(C)cc3)C1)N2. The van der Waals surface area contributed by atoms with Crippen LogP contribution in [0.4, 0.5) is 5.69 Å². The second kappa shape index (κ2) is 12.9. The molecule has 2 fully saturated rings. The summed E-state index contributed by atoms with van der Waals surface area (Å²) < 4.78 is 38.4. The third-order valence-electron chi connectivity index (χ3n) is 8.90. The van der Waals surface area contributed by atoms with E-state index in [0.29, 0.717) is 46.3 Å². The van der Waals surface area contributed by atoms with Crippen LogP contribution in [-0.4, -0.2) is 58.0 Å². The summed E-state index contributed by atoms with van der Waals surface area (Å²) in [6, 6.07) is 8.88. The summed E-state index contributed by atoms with van der Waals surface area (Å²) in [6.07, 6.45) is 13.8. The third kappa shape index (κ3) is 6.29. The van der Waals surface area contributed by atoms with E-state index in [4.69, 9.17) is 4.74 Å². The number of unbranched alkanes of at least 4 members (excludes halogenated alkanes) is 5. The number of hydrogen-bond donors (Lipinski definition) is 1. The fraction of sp³-hybridized carbons (Fsp3) is 0.485. The molecule has 2 aliphatic heterocycles. The fourth-order valence-corrected chi connectivity index (χ4v) is 9.06. The van der Waals surface area contributed by atoms with E-state index in [0.717, 1.165) is 43.4 Å². The van der Waals surface area contributed by atoms with Crippen LogP contribution < -0.4 is 10.2 Å². The molecule has 2 saturated heterocycles. The summed E-state index contributed by atoms with van der Waals surface area (Å²) in [5.41, 5.74) is 2.43. The van der Waals surface area contributed by atoms with E-state index in [1.165, 1.54) is 23.2 Å². The Balaban J connectivity index is 1.36. The van der Waals surface area contributed by atoms with Crippen LogP contribution in [0.15, 0.2) is 58.3 Å². The molecule has 0 aliphatic carbocycles. The number of piperazine rings is 1. The Morgan fingerprint density at radius 2 is 1.89 bits per heavy atom. The number of rotatable bonds is 12. The van der Waals surface area contributed by atoms with Gasteiger partial charge in [-0.15, -0.1) is 0 Å². The second-order valence-electron chi connectivity index (χ2n) is 12.4. The van der Waals surface area contributed by atoms with Crippen molar-refractivity contribution in [2.45, 2.75) is 88.3 Å². The zero-order valence-electron chi connectivity index (χ0n) is 26.1. The van der Waals surface area contributed by atoms with Crippen LogP contribution in [0.25, 0.3) is 22.3 Å². The predicted molar refractivity (Wildman–Crippen MR) is 179 cm³/mol. The topological polar surface area (TPSA) is 111 Å². The molecule has 240 valence electrons. The largest absolute Gasteiger partial charge is 0.442 e. The third-order valence-corrected chi connectivity index (χ3v) is 11.4. The summed E-state index contributed by atoms with van der Waals surface area (Å²) in [4.78, 5) is 20.0. The molecule has 12 heteroatoms. The lowest BCUT2D eigenvalue weighted by Crippen LogP contribution is -2.61. The summed E-state index contributed by atoms with van der Waals surface area (Å²) >= 11 is 3.80. The number of anilines is 1. The van der Waals surface area contributed by atoms with E-state index in [2.05, 4.69) is 43.2 Å². The maximum Gasteiger partial charge on any atom is 0.307 e. The standard InChI is InChI=1S/C33H41BrN6O4S/c1-4-5-6-7-8-9-10-28(41)44-33-17-15-25(37-33)21-39(22-33)27-16-18-35-32-29(27)30(34)31(24-19-36-38(3)20-24)40(32)45(42,43)26-13-11-23(2)12-14-26/h11-14,16,18-20,25,37H,4-10,15,17,21-22H2,1-3H3. The van der Waals surface area contributed by atoms with Gasteiger partial charge >= 0.3 is 5.97 Å². The van der Waals surface area contributed by atoms with E-state index in [1.807, 2.05) is 13.0 Å². The highest BCUT2D eigenvalue weighted by molar-refractivity contribution is 9.10. The van der Waals surface area contributed by atoms with Crippen molar-refractivity contribution >= 4 is 48.6 Å². The van der Waals surface area contributed by atoms with Gasteiger partial charge in [0, 0.05) is 50.4 Å². The van der Waals surface area contributed by atoms with Crippen LogP contribution in [0.5, 0.6) is 0 Å². The van der Waals surface area contributed by atoms with E-state index in [9.17, 15) is 13.2 Å². The average molecular weight is 698 g/mol. The zero-order chi connectivity index (χ0) is 31.8. The molecule has 0 radical (unpaired) electrons. The highest BCUT2D eigenvalue weighted by Crippen LogP contribution is 2.45. The lowest BCUT2D eigenvalue weighted by Gasteiger charge is -2.42. The number of pyridine rings is 1. The van der Waals surface area contributed by atoms with Gasteiger partial charge in [0.15, 0.2) is 11.4 Å². The summed E-state index contributed by atoms with van der Waals surface area (Å²) in [5.74, 6) is -0.171. The van der Waals surface area contributed by atoms with Gasteiger partial charge in [0.25, 0.3) is 10.0 Å². The van der Waals surface area contributed by atoms with Crippen molar-refractivity contribution in [2.75, 3.05) is 18.0 Å². The van der Waals surface area contributed by atoms with Crippen molar-refractivity contribution in [2.24, 2.45) is 7.05 Å². The van der Waals surface area contributed by atoms with Crippen LogP contribution in [0.1, 0.15) is 70.3 Å². The molecule has 0 saturated carbocycles. The van der Waals surface area contributed by atoms with Gasteiger partial charge in [0.1, 0.15) is 0 Å². The van der Waals surface area contributed by atoms with Gasteiger partial charge < -0.3 is 9.64 Å². The molecule has 0 spiro atoms. The van der Waals surface area contributed by atoms with Crippen molar-refractivity contribution < 1.29 is 17.9 Å². The maximum absolute atomic E-state index is 14.3. The van der Waals surface area contributed by atoms with Crippen molar-refractivity contribution in [3.63, 3.8) is 0 Å². The highest BCUT2D eigenvalue weighted by atomic mass is 79.9. The van der Waals surface area contributed by atoms with Gasteiger partial charge in [-0.05, 0) is 53.9 Å². The molecule has 2 aliphatic rings. The van der Waals surface area contributed by atoms with Crippen LogP contribution in [0, 0.1) is 6.92 Å². The molecular weight excluding hydrogens is 656 g/mol. The number of carbonyl (C=O) groups is 1. The Labute approximate surface area is 273 Å². The average Bonchev–Trinajstić information content (AvgIpc) is 3.67. The quantitative estimate of drug-likeness (QED) is 0.136. The molecule has 0 amide bonds. The summed E-state index contributed by atoms with van der Waals surface area (Å²) in [6.45, 7) is 5.27. The van der Waals surface area contributed by atoms with E-state index < -0.39 is 15.7 Å². The molecule has 1 aromatic carbocycles. The van der Waals surface area contributed by atoms with Crippen molar-refractivity contribution in [1.82, 2.24) is 24.1 Å². The highest BCUT2D eigenvalue weighted by Gasteiger charge is 2.48. The minimum absolute atomic E-state index is 0.138. The Kier molecular flexibility index (Phi) is 9.09. The van der Waals surface area contributed by atoms with Gasteiger partial charge in [-0.25, -0.2) is 17.4 Å². The van der Waals surface area contributed by atoms with Crippen LogP contribution in [0.3, 0.4) is 0 Å². The molecular formula is C33H41BrN6O4S. The number of nitrogens with one attached hydrogen (secondary N) is 1. The fourth-order valence-electron chi connectivity index (χ4n) is 6.66. The molecule has 45 heavy (non-hydrogen) atoms. The van der Waals surface area contributed by atoms with Gasteiger partial charge in [-0.1, -0.05) is 56.7 Å². The number of benzene rings is 1. The Bertz CT molecular complexity index is 1800. The second-order valence-corrected chi connectivity index (χ2v) is 15.0. The first kappa shape index (κ1) is 31.7. The Morgan fingerprint density at radius 3 is 2.62 bits per heavy atom. The lowest BCUT2D eigenvalue weighted by atomic mass is 10.1. The number of ether oxygens (including phenoxy) is 1. The summed E-state index contributed by atoms with van der Waals surface area (Å²) in [7, 11) is -2.25. The molecule has 6 rings (SSSR count). The predicted octanol–water partition coefficient (Wildman–Crippen LogP) is 6.31. The molecule has 1 N–H and O–H groups in total. The van der Waals surface area contributed by atoms with Gasteiger partial charge in [0.2, 0.25) is 0 Å². The number of aromatic nitrogens is 4. The molecule has 2 unspecified atom stereocenters. The first-order valence-corrected chi connectivity index (χ1v) is 18.1. The van der Waals surface area contributed by atoms with Crippen molar-refractivity contribution in [1.29, 1.82) is 0 Å². The van der Waals surface area contributed by atoms with E-state index >= 15 is 0 Å². The normalized spacial score (nSPS) is 19.8. The minimum Gasteiger partial charge on any atom is -0.442 e. The minimum atomic E-state index is -4.05. The lowest BCUT2D eigenvalue weighted by molar-refractivity contribution is -0.162. The number of esters is 1. The van der Waals surface area contributed by atoms with Crippen LogP contribution >= 0.6 is 15.9 Å². The van der Waals surface area contributed by atoms with Gasteiger partial charge in [-0.3, -0.25) is 14.8 Å². The Morgan fingerprint density at radius 1 is 1.13 bits per heavy atom. The van der Waals surface area contributed by atoms with Gasteiger partial charge in [-0.2, -0.15) is 5.10 Å². The monoisotopic (exact) mass is 696 g/mol. The van der Waals surface area contributed by atoms with E-state index in [-0.39, 0.29) is 16.9 Å². The zero-order valence-corrected chi connectivity index (χ0v) is 28.5. The Hall–Kier alpha value is -3.22. The van der Waals surface area contributed by atoms with E-state index in [1.54, 1.807) is 54.6 Å².